The van der Waals surface area contributed by atoms with Gasteiger partial charge in [-0.15, -0.1) is 0 Å². The molecule has 1 aromatic heterocycles. The van der Waals surface area contributed by atoms with E-state index in [1.54, 1.807) is 7.05 Å². The van der Waals surface area contributed by atoms with E-state index in [0.29, 0.717) is 12.1 Å². The average Bonchev–Trinajstić information content (AvgIpc) is 3.43. The minimum atomic E-state index is 0.125. The van der Waals surface area contributed by atoms with E-state index in [1.807, 2.05) is 18.2 Å². The third-order valence-corrected chi connectivity index (χ3v) is 5.67. The second-order valence-electron chi connectivity index (χ2n) is 7.99. The Bertz CT molecular complexity index is 807. The zero-order valence-corrected chi connectivity index (χ0v) is 16.5. The molecule has 2 aromatic rings. The molecular weight excluding hydrogens is 352 g/mol. The van der Waals surface area contributed by atoms with Gasteiger partial charge in [-0.3, -0.25) is 9.79 Å². The highest BCUT2D eigenvalue weighted by molar-refractivity contribution is 5.81. The SMILES string of the molecule is CN=C(NCCc1cc2ccccc2o1)NC1CCCC(C(=O)NC2CC2)C1. The van der Waals surface area contributed by atoms with E-state index in [1.165, 1.54) is 0 Å². The molecule has 2 atom stereocenters. The maximum Gasteiger partial charge on any atom is 0.223 e. The van der Waals surface area contributed by atoms with E-state index in [4.69, 9.17) is 4.42 Å². The number of carbonyl (C=O) groups excluding carboxylic acids is 1. The van der Waals surface area contributed by atoms with Crippen LogP contribution in [0.3, 0.4) is 0 Å². The van der Waals surface area contributed by atoms with Gasteiger partial charge in [0.25, 0.3) is 0 Å². The van der Waals surface area contributed by atoms with Crippen LogP contribution in [0.25, 0.3) is 11.0 Å². The molecular formula is C22H30N4O2. The van der Waals surface area contributed by atoms with Gasteiger partial charge in [0.2, 0.25) is 5.91 Å². The highest BCUT2D eigenvalue weighted by atomic mass is 16.3. The average molecular weight is 383 g/mol. The quantitative estimate of drug-likeness (QED) is 0.530. The lowest BCUT2D eigenvalue weighted by atomic mass is 9.85. The number of hydrogen-bond donors (Lipinski definition) is 3. The molecule has 2 saturated carbocycles. The van der Waals surface area contributed by atoms with Gasteiger partial charge < -0.3 is 20.4 Å². The summed E-state index contributed by atoms with van der Waals surface area (Å²) in [6.07, 6.45) is 7.11. The van der Waals surface area contributed by atoms with Crippen molar-refractivity contribution in [3.63, 3.8) is 0 Å². The van der Waals surface area contributed by atoms with E-state index < -0.39 is 0 Å². The molecule has 0 spiro atoms. The van der Waals surface area contributed by atoms with Crippen LogP contribution in [0.5, 0.6) is 0 Å². The highest BCUT2D eigenvalue weighted by Crippen LogP contribution is 2.26. The lowest BCUT2D eigenvalue weighted by molar-refractivity contribution is -0.126. The van der Waals surface area contributed by atoms with Crippen LogP contribution in [0.15, 0.2) is 39.7 Å². The molecule has 4 rings (SSSR count). The van der Waals surface area contributed by atoms with Gasteiger partial charge in [-0.05, 0) is 44.2 Å². The van der Waals surface area contributed by atoms with Crippen LogP contribution in [0, 0.1) is 5.92 Å². The first-order chi connectivity index (χ1) is 13.7. The van der Waals surface area contributed by atoms with Crippen LogP contribution in [-0.4, -0.2) is 37.5 Å². The molecule has 28 heavy (non-hydrogen) atoms. The Morgan fingerprint density at radius 2 is 2.00 bits per heavy atom. The van der Waals surface area contributed by atoms with Crippen molar-refractivity contribution in [3.05, 3.63) is 36.1 Å². The number of hydrogen-bond acceptors (Lipinski definition) is 3. The predicted molar refractivity (Wildman–Crippen MR) is 111 cm³/mol. The van der Waals surface area contributed by atoms with Crippen molar-refractivity contribution in [1.82, 2.24) is 16.0 Å². The summed E-state index contributed by atoms with van der Waals surface area (Å²) in [4.78, 5) is 16.7. The van der Waals surface area contributed by atoms with E-state index >= 15 is 0 Å². The van der Waals surface area contributed by atoms with Gasteiger partial charge in [0.05, 0.1) is 0 Å². The maximum atomic E-state index is 12.4. The van der Waals surface area contributed by atoms with Gasteiger partial charge in [-0.2, -0.15) is 0 Å². The van der Waals surface area contributed by atoms with Crippen LogP contribution in [0.1, 0.15) is 44.3 Å². The zero-order chi connectivity index (χ0) is 19.3. The van der Waals surface area contributed by atoms with Gasteiger partial charge in [0.15, 0.2) is 5.96 Å². The monoisotopic (exact) mass is 382 g/mol. The Morgan fingerprint density at radius 3 is 2.79 bits per heavy atom. The fourth-order valence-corrected chi connectivity index (χ4v) is 3.96. The normalized spacial score (nSPS) is 22.8. The van der Waals surface area contributed by atoms with Crippen LogP contribution in [-0.2, 0) is 11.2 Å². The fourth-order valence-electron chi connectivity index (χ4n) is 3.96. The van der Waals surface area contributed by atoms with Gasteiger partial charge in [0.1, 0.15) is 11.3 Å². The molecule has 2 aliphatic rings. The van der Waals surface area contributed by atoms with Crippen molar-refractivity contribution in [3.8, 4) is 0 Å². The third kappa shape index (κ3) is 4.86. The topological polar surface area (TPSA) is 78.7 Å². The van der Waals surface area contributed by atoms with Crippen LogP contribution in [0.2, 0.25) is 0 Å². The second kappa shape index (κ2) is 8.67. The smallest absolute Gasteiger partial charge is 0.223 e. The third-order valence-electron chi connectivity index (χ3n) is 5.67. The molecule has 0 saturated heterocycles. The van der Waals surface area contributed by atoms with Crippen LogP contribution >= 0.6 is 0 Å². The molecule has 0 radical (unpaired) electrons. The van der Waals surface area contributed by atoms with Crippen molar-refractivity contribution in [2.45, 2.75) is 57.0 Å². The number of fused-ring (bicyclic) bond motifs is 1. The highest BCUT2D eigenvalue weighted by Gasteiger charge is 2.31. The van der Waals surface area contributed by atoms with Gasteiger partial charge in [0, 0.05) is 43.4 Å². The van der Waals surface area contributed by atoms with Gasteiger partial charge in [-0.25, -0.2) is 0 Å². The van der Waals surface area contributed by atoms with Gasteiger partial charge >= 0.3 is 0 Å². The molecule has 3 N–H and O–H groups in total. The summed E-state index contributed by atoms with van der Waals surface area (Å²) >= 11 is 0. The molecule has 2 aliphatic carbocycles. The van der Waals surface area contributed by atoms with Crippen LogP contribution in [0.4, 0.5) is 0 Å². The Labute approximate surface area is 166 Å². The maximum absolute atomic E-state index is 12.4. The number of nitrogens with zero attached hydrogens (tertiary/aromatic N) is 1. The summed E-state index contributed by atoms with van der Waals surface area (Å²) in [5.74, 6) is 2.13. The molecule has 1 heterocycles. The minimum absolute atomic E-state index is 0.125. The Kier molecular flexibility index (Phi) is 5.84. The second-order valence-corrected chi connectivity index (χ2v) is 7.99. The summed E-state index contributed by atoms with van der Waals surface area (Å²) < 4.78 is 5.87. The Balaban J connectivity index is 1.24. The van der Waals surface area contributed by atoms with E-state index in [9.17, 15) is 4.79 Å². The lowest BCUT2D eigenvalue weighted by Gasteiger charge is -2.30. The van der Waals surface area contributed by atoms with E-state index in [-0.39, 0.29) is 11.8 Å². The molecule has 0 bridgehead atoms. The molecule has 0 aliphatic heterocycles. The largest absolute Gasteiger partial charge is 0.461 e. The number of guanidine groups is 1. The van der Waals surface area contributed by atoms with Crippen molar-refractivity contribution < 1.29 is 9.21 Å². The molecule has 150 valence electrons. The standard InChI is InChI=1S/C22H30N4O2/c1-23-22(24-12-11-19-14-15-5-2-3-8-20(15)28-19)26-18-7-4-6-16(13-18)21(27)25-17-9-10-17/h2-3,5,8,14,16-18H,4,6-7,9-13H2,1H3,(H,25,27)(H2,23,24,26). The first-order valence-corrected chi connectivity index (χ1v) is 10.5. The van der Waals surface area contributed by atoms with Crippen molar-refractivity contribution in [1.29, 1.82) is 0 Å². The fraction of sp³-hybridized carbons (Fsp3) is 0.545. The molecule has 2 fully saturated rings. The molecule has 6 heteroatoms. The minimum Gasteiger partial charge on any atom is -0.461 e. The molecule has 2 unspecified atom stereocenters. The predicted octanol–water partition coefficient (Wildman–Crippen LogP) is 2.98. The number of carbonyl (C=O) groups is 1. The van der Waals surface area contributed by atoms with Crippen molar-refractivity contribution in [2.24, 2.45) is 10.9 Å². The summed E-state index contributed by atoms with van der Waals surface area (Å²) in [6, 6.07) is 10.9. The summed E-state index contributed by atoms with van der Waals surface area (Å²) in [5, 5.41) is 11.2. The summed E-state index contributed by atoms with van der Waals surface area (Å²) in [6.45, 7) is 0.748. The Morgan fingerprint density at radius 1 is 1.14 bits per heavy atom. The van der Waals surface area contributed by atoms with E-state index in [0.717, 1.165) is 74.2 Å². The van der Waals surface area contributed by atoms with Gasteiger partial charge in [-0.1, -0.05) is 24.6 Å². The number of rotatable bonds is 6. The summed E-state index contributed by atoms with van der Waals surface area (Å²) in [7, 11) is 1.79. The number of nitrogens with one attached hydrogen (secondary N) is 3. The molecule has 6 nitrogen and oxygen atoms in total. The van der Waals surface area contributed by atoms with Crippen molar-refractivity contribution >= 4 is 22.8 Å². The number of furan rings is 1. The number of para-hydroxylation sites is 1. The Hall–Kier alpha value is -2.50. The molecule has 1 amide bonds. The van der Waals surface area contributed by atoms with E-state index in [2.05, 4.69) is 33.1 Å². The van der Waals surface area contributed by atoms with Crippen LogP contribution < -0.4 is 16.0 Å². The first-order valence-electron chi connectivity index (χ1n) is 10.5. The zero-order valence-electron chi connectivity index (χ0n) is 16.5. The summed E-state index contributed by atoms with van der Waals surface area (Å²) in [5.41, 5.74) is 0.928. The molecule has 1 aromatic carbocycles. The lowest BCUT2D eigenvalue weighted by Crippen LogP contribution is -2.47. The number of benzene rings is 1. The number of aliphatic imine (C=N–C) groups is 1. The first kappa shape index (κ1) is 18.8. The number of amides is 1. The van der Waals surface area contributed by atoms with Crippen molar-refractivity contribution in [2.75, 3.05) is 13.6 Å².